The Morgan fingerprint density at radius 3 is 2.62 bits per heavy atom. The highest BCUT2D eigenvalue weighted by Crippen LogP contribution is 2.30. The monoisotopic (exact) mass is 367 g/mol. The normalized spacial score (nSPS) is 18.8. The van der Waals surface area contributed by atoms with E-state index in [1.165, 1.54) is 11.8 Å². The molecule has 1 aliphatic rings. The molecule has 0 bridgehead atoms. The standard InChI is InChI=1S/C20H21N3O2S/c1-3-18-19(24)23(14-15-9-5-4-6-10-15)20(26-18)22-21-13-16-11-7-8-12-17(16)25-2/h4-13,18H,3,14H2,1-2H3/b21-13-,22-20-/t18-/m1/s1. The molecule has 26 heavy (non-hydrogen) atoms. The van der Waals surface area contributed by atoms with Gasteiger partial charge in [-0.15, -0.1) is 5.10 Å². The van der Waals surface area contributed by atoms with Crippen LogP contribution >= 0.6 is 11.8 Å². The average Bonchev–Trinajstić information content (AvgIpc) is 2.98. The van der Waals surface area contributed by atoms with Crippen LogP contribution in [-0.2, 0) is 11.3 Å². The third-order valence-electron chi connectivity index (χ3n) is 4.05. The SMILES string of the molecule is CC[C@H]1S/C(=N\N=C/c2ccccc2OC)N(Cc2ccccc2)C1=O. The van der Waals surface area contributed by atoms with Crippen LogP contribution in [0.25, 0.3) is 0 Å². The molecule has 0 spiro atoms. The van der Waals surface area contributed by atoms with Crippen LogP contribution < -0.4 is 4.74 Å². The highest BCUT2D eigenvalue weighted by atomic mass is 32.2. The van der Waals surface area contributed by atoms with Crippen LogP contribution in [0.2, 0.25) is 0 Å². The number of methoxy groups -OCH3 is 1. The second-order valence-corrected chi connectivity index (χ2v) is 6.96. The zero-order chi connectivity index (χ0) is 18.4. The lowest BCUT2D eigenvalue weighted by molar-refractivity contribution is -0.126. The maximum Gasteiger partial charge on any atom is 0.242 e. The van der Waals surface area contributed by atoms with Gasteiger partial charge in [0.15, 0.2) is 5.17 Å². The number of hydrogen-bond acceptors (Lipinski definition) is 5. The molecule has 0 N–H and O–H groups in total. The Morgan fingerprint density at radius 2 is 1.88 bits per heavy atom. The van der Waals surface area contributed by atoms with Crippen LogP contribution in [0, 0.1) is 0 Å². The number of rotatable bonds is 6. The largest absolute Gasteiger partial charge is 0.496 e. The number of amidine groups is 1. The fraction of sp³-hybridized carbons (Fsp3) is 0.250. The number of nitrogens with zero attached hydrogens (tertiary/aromatic N) is 3. The van der Waals surface area contributed by atoms with Crippen molar-refractivity contribution in [3.05, 3.63) is 65.7 Å². The predicted molar refractivity (Wildman–Crippen MR) is 107 cm³/mol. The van der Waals surface area contributed by atoms with Crippen molar-refractivity contribution in [3.63, 3.8) is 0 Å². The minimum absolute atomic E-state index is 0.0904. The second kappa shape index (κ2) is 8.67. The van der Waals surface area contributed by atoms with Gasteiger partial charge in [-0.1, -0.05) is 61.2 Å². The molecule has 1 atom stereocenters. The van der Waals surface area contributed by atoms with Gasteiger partial charge in [-0.2, -0.15) is 5.10 Å². The van der Waals surface area contributed by atoms with Crippen LogP contribution in [0.15, 0.2) is 64.8 Å². The van der Waals surface area contributed by atoms with E-state index in [-0.39, 0.29) is 11.2 Å². The number of carbonyl (C=O) groups is 1. The average molecular weight is 367 g/mol. The number of para-hydroxylation sites is 1. The van der Waals surface area contributed by atoms with Gasteiger partial charge in [0.05, 0.1) is 25.1 Å². The van der Waals surface area contributed by atoms with Gasteiger partial charge in [-0.05, 0) is 24.1 Å². The highest BCUT2D eigenvalue weighted by Gasteiger charge is 2.36. The summed E-state index contributed by atoms with van der Waals surface area (Å²) in [6.07, 6.45) is 2.42. The highest BCUT2D eigenvalue weighted by molar-refractivity contribution is 8.15. The first-order chi connectivity index (χ1) is 12.7. The summed E-state index contributed by atoms with van der Waals surface area (Å²) in [4.78, 5) is 14.4. The molecule has 134 valence electrons. The third-order valence-corrected chi connectivity index (χ3v) is 5.39. The van der Waals surface area contributed by atoms with Crippen LogP contribution in [0.4, 0.5) is 0 Å². The van der Waals surface area contributed by atoms with Crippen molar-refractivity contribution in [2.24, 2.45) is 10.2 Å². The van der Waals surface area contributed by atoms with E-state index >= 15 is 0 Å². The van der Waals surface area contributed by atoms with E-state index in [4.69, 9.17) is 4.74 Å². The fourth-order valence-electron chi connectivity index (χ4n) is 2.67. The molecule has 0 saturated carbocycles. The molecule has 0 aliphatic carbocycles. The molecule has 0 unspecified atom stereocenters. The van der Waals surface area contributed by atoms with Crippen LogP contribution in [0.5, 0.6) is 5.75 Å². The van der Waals surface area contributed by atoms with Gasteiger partial charge in [0, 0.05) is 5.56 Å². The Bertz CT molecular complexity index is 821. The molecule has 1 heterocycles. The first kappa shape index (κ1) is 18.2. The first-order valence-electron chi connectivity index (χ1n) is 8.49. The number of ether oxygens (including phenoxy) is 1. The number of thioether (sulfide) groups is 1. The Labute approximate surface area is 157 Å². The molecule has 0 radical (unpaired) electrons. The van der Waals surface area contributed by atoms with Crippen LogP contribution in [0.3, 0.4) is 0 Å². The summed E-state index contributed by atoms with van der Waals surface area (Å²) < 4.78 is 5.31. The van der Waals surface area contributed by atoms with Gasteiger partial charge >= 0.3 is 0 Å². The van der Waals surface area contributed by atoms with Crippen molar-refractivity contribution in [2.75, 3.05) is 7.11 Å². The first-order valence-corrected chi connectivity index (χ1v) is 9.37. The summed E-state index contributed by atoms with van der Waals surface area (Å²) in [5.74, 6) is 0.826. The molecule has 0 aromatic heterocycles. The lowest BCUT2D eigenvalue weighted by atomic mass is 10.2. The summed E-state index contributed by atoms with van der Waals surface area (Å²) in [6.45, 7) is 2.52. The molecule has 2 aromatic carbocycles. The van der Waals surface area contributed by atoms with Crippen LogP contribution in [-0.4, -0.2) is 34.5 Å². The number of amides is 1. The maximum absolute atomic E-state index is 12.6. The van der Waals surface area contributed by atoms with E-state index in [0.29, 0.717) is 11.7 Å². The Balaban J connectivity index is 1.82. The predicted octanol–water partition coefficient (Wildman–Crippen LogP) is 3.94. The molecular weight excluding hydrogens is 346 g/mol. The zero-order valence-corrected chi connectivity index (χ0v) is 15.6. The van der Waals surface area contributed by atoms with Crippen molar-refractivity contribution in [2.45, 2.75) is 25.1 Å². The number of carbonyl (C=O) groups excluding carboxylic acids is 1. The third kappa shape index (κ3) is 4.14. The van der Waals surface area contributed by atoms with Gasteiger partial charge < -0.3 is 4.74 Å². The summed E-state index contributed by atoms with van der Waals surface area (Å²) >= 11 is 1.47. The molecule has 6 heteroatoms. The molecule has 1 fully saturated rings. The summed E-state index contributed by atoms with van der Waals surface area (Å²) in [6, 6.07) is 17.5. The molecule has 1 saturated heterocycles. The van der Waals surface area contributed by atoms with E-state index in [9.17, 15) is 4.79 Å². The van der Waals surface area contributed by atoms with E-state index in [0.717, 1.165) is 23.3 Å². The van der Waals surface area contributed by atoms with Crippen molar-refractivity contribution >= 4 is 29.1 Å². The maximum atomic E-state index is 12.6. The number of hydrogen-bond donors (Lipinski definition) is 0. The van der Waals surface area contributed by atoms with Crippen molar-refractivity contribution in [1.82, 2.24) is 4.90 Å². The summed E-state index contributed by atoms with van der Waals surface area (Å²) in [5, 5.41) is 9.05. The zero-order valence-electron chi connectivity index (χ0n) is 14.8. The Hall–Kier alpha value is -2.60. The van der Waals surface area contributed by atoms with E-state index in [1.54, 1.807) is 18.2 Å². The molecule has 3 rings (SSSR count). The van der Waals surface area contributed by atoms with Crippen LogP contribution in [0.1, 0.15) is 24.5 Å². The van der Waals surface area contributed by atoms with Crippen molar-refractivity contribution in [1.29, 1.82) is 0 Å². The minimum atomic E-state index is -0.0982. The lowest BCUT2D eigenvalue weighted by Crippen LogP contribution is -2.31. The molecule has 1 aliphatic heterocycles. The molecule has 1 amide bonds. The summed E-state index contributed by atoms with van der Waals surface area (Å²) in [7, 11) is 1.62. The van der Waals surface area contributed by atoms with Gasteiger partial charge in [-0.3, -0.25) is 9.69 Å². The van der Waals surface area contributed by atoms with Gasteiger partial charge in [0.25, 0.3) is 0 Å². The number of benzene rings is 2. The van der Waals surface area contributed by atoms with E-state index < -0.39 is 0 Å². The van der Waals surface area contributed by atoms with E-state index in [1.807, 2.05) is 61.5 Å². The topological polar surface area (TPSA) is 54.3 Å². The van der Waals surface area contributed by atoms with Crippen molar-refractivity contribution < 1.29 is 9.53 Å². The van der Waals surface area contributed by atoms with Gasteiger partial charge in [0.1, 0.15) is 5.75 Å². The van der Waals surface area contributed by atoms with E-state index in [2.05, 4.69) is 10.2 Å². The summed E-state index contributed by atoms with van der Waals surface area (Å²) in [5.41, 5.74) is 1.91. The molecular formula is C20H21N3O2S. The smallest absolute Gasteiger partial charge is 0.242 e. The molecule has 2 aromatic rings. The van der Waals surface area contributed by atoms with Crippen molar-refractivity contribution in [3.8, 4) is 5.75 Å². The Morgan fingerprint density at radius 1 is 1.15 bits per heavy atom. The molecule has 5 nitrogen and oxygen atoms in total. The lowest BCUT2D eigenvalue weighted by Gasteiger charge is -2.15. The minimum Gasteiger partial charge on any atom is -0.496 e. The van der Waals surface area contributed by atoms with Gasteiger partial charge in [-0.25, -0.2) is 0 Å². The quantitative estimate of drug-likeness (QED) is 0.574. The second-order valence-electron chi connectivity index (χ2n) is 5.79. The van der Waals surface area contributed by atoms with Gasteiger partial charge in [0.2, 0.25) is 5.91 Å². The Kier molecular flexibility index (Phi) is 6.07. The fourth-order valence-corrected chi connectivity index (χ4v) is 3.70.